The van der Waals surface area contributed by atoms with Gasteiger partial charge >= 0.3 is 6.41 Å². The highest BCUT2D eigenvalue weighted by molar-refractivity contribution is 5.94. The predicted octanol–water partition coefficient (Wildman–Crippen LogP) is 0.982. The number of amides is 2. The number of hydrogen-bond acceptors (Lipinski definition) is 2. The van der Waals surface area contributed by atoms with E-state index in [1.165, 1.54) is 0 Å². The molecule has 0 aromatic heterocycles. The fourth-order valence-electron chi connectivity index (χ4n) is 1.26. The molecule has 1 aromatic carbocycles. The fourth-order valence-corrected chi connectivity index (χ4v) is 1.26. The molecule has 2 N–H and O–H groups in total. The molecule has 0 unspecified atom stereocenters. The second-order valence-corrected chi connectivity index (χ2v) is 3.78. The van der Waals surface area contributed by atoms with Crippen molar-refractivity contribution in [2.24, 2.45) is 0 Å². The van der Waals surface area contributed by atoms with E-state index in [4.69, 9.17) is 0 Å². The average molecular weight is 219 g/mol. The third-order valence-electron chi connectivity index (χ3n) is 2.00. The quantitative estimate of drug-likeness (QED) is 0.725. The lowest BCUT2D eigenvalue weighted by molar-refractivity contribution is 0.0943. The Balaban J connectivity index is 2.63. The maximum atomic E-state index is 11.6. The molecule has 4 nitrogen and oxygen atoms in total. The van der Waals surface area contributed by atoms with Gasteiger partial charge in [-0.15, -0.1) is 0 Å². The molecule has 0 spiro atoms. The van der Waals surface area contributed by atoms with Crippen LogP contribution in [0.5, 0.6) is 0 Å². The summed E-state index contributed by atoms with van der Waals surface area (Å²) in [6.45, 7) is 4.25. The summed E-state index contributed by atoms with van der Waals surface area (Å²) in [5, 5.41) is 5.24. The molecular weight excluding hydrogens is 204 g/mol. The molecule has 0 fully saturated rings. The van der Waals surface area contributed by atoms with Crippen LogP contribution < -0.4 is 10.6 Å². The van der Waals surface area contributed by atoms with Gasteiger partial charge in [-0.1, -0.05) is 12.1 Å². The van der Waals surface area contributed by atoms with Crippen molar-refractivity contribution in [1.29, 1.82) is 0 Å². The van der Waals surface area contributed by atoms with Crippen LogP contribution in [-0.2, 0) is 11.3 Å². The number of rotatable bonds is 5. The van der Waals surface area contributed by atoms with Gasteiger partial charge in [0.25, 0.3) is 5.91 Å². The van der Waals surface area contributed by atoms with Crippen molar-refractivity contribution < 1.29 is 9.59 Å². The van der Waals surface area contributed by atoms with Crippen LogP contribution in [0.3, 0.4) is 0 Å². The molecule has 1 radical (unpaired) electrons. The summed E-state index contributed by atoms with van der Waals surface area (Å²) >= 11 is 0. The summed E-state index contributed by atoms with van der Waals surface area (Å²) in [5.74, 6) is -0.0866. The van der Waals surface area contributed by atoms with Crippen LogP contribution in [0.1, 0.15) is 29.8 Å². The Kier molecular flexibility index (Phi) is 4.51. The van der Waals surface area contributed by atoms with Crippen LogP contribution in [0.15, 0.2) is 24.3 Å². The minimum absolute atomic E-state index is 0.0866. The van der Waals surface area contributed by atoms with Gasteiger partial charge in [-0.05, 0) is 31.5 Å². The standard InChI is InChI=1S/C12H15N2O2/c1-9(2)14-12(16)11-5-3-10(4-6-11)7-13-8-15/h3-6,9H,7H2,1-2H3,(H,13,15)(H,14,16). The lowest BCUT2D eigenvalue weighted by atomic mass is 10.1. The molecule has 0 bridgehead atoms. The van der Waals surface area contributed by atoms with Gasteiger partial charge in [-0.3, -0.25) is 9.59 Å². The number of hydrogen-bond donors (Lipinski definition) is 2. The molecule has 1 rings (SSSR count). The average Bonchev–Trinajstić information content (AvgIpc) is 2.26. The van der Waals surface area contributed by atoms with Crippen molar-refractivity contribution in [3.8, 4) is 0 Å². The van der Waals surface area contributed by atoms with Gasteiger partial charge in [0.2, 0.25) is 0 Å². The minimum Gasteiger partial charge on any atom is -0.350 e. The summed E-state index contributed by atoms with van der Waals surface area (Å²) in [6.07, 6.45) is 1.60. The highest BCUT2D eigenvalue weighted by Crippen LogP contribution is 2.04. The van der Waals surface area contributed by atoms with Crippen molar-refractivity contribution in [1.82, 2.24) is 10.6 Å². The van der Waals surface area contributed by atoms with Crippen molar-refractivity contribution in [3.05, 3.63) is 35.4 Å². The summed E-state index contributed by atoms with van der Waals surface area (Å²) in [6, 6.07) is 7.21. The molecule has 0 heterocycles. The van der Waals surface area contributed by atoms with E-state index in [0.29, 0.717) is 12.1 Å². The number of benzene rings is 1. The van der Waals surface area contributed by atoms with Gasteiger partial charge in [0, 0.05) is 18.2 Å². The second-order valence-electron chi connectivity index (χ2n) is 3.78. The van der Waals surface area contributed by atoms with Crippen LogP contribution in [-0.4, -0.2) is 18.4 Å². The van der Waals surface area contributed by atoms with E-state index in [-0.39, 0.29) is 11.9 Å². The fraction of sp³-hybridized carbons (Fsp3) is 0.333. The summed E-state index contributed by atoms with van der Waals surface area (Å²) in [4.78, 5) is 21.6. The van der Waals surface area contributed by atoms with E-state index in [2.05, 4.69) is 10.6 Å². The SMILES string of the molecule is CC(C)NC(=O)c1ccc(CN[C]=O)cc1. The second kappa shape index (κ2) is 5.90. The van der Waals surface area contributed by atoms with Gasteiger partial charge in [0.05, 0.1) is 0 Å². The van der Waals surface area contributed by atoms with Crippen molar-refractivity contribution in [3.63, 3.8) is 0 Å². The highest BCUT2D eigenvalue weighted by atomic mass is 16.1. The zero-order valence-corrected chi connectivity index (χ0v) is 9.41. The van der Waals surface area contributed by atoms with Crippen molar-refractivity contribution in [2.75, 3.05) is 0 Å². The number of nitrogens with one attached hydrogen (secondary N) is 2. The molecule has 16 heavy (non-hydrogen) atoms. The maximum absolute atomic E-state index is 11.6. The molecule has 0 saturated heterocycles. The Bertz CT molecular complexity index is 358. The van der Waals surface area contributed by atoms with E-state index >= 15 is 0 Å². The normalized spacial score (nSPS) is 9.94. The topological polar surface area (TPSA) is 58.2 Å². The molecule has 1 aromatic rings. The smallest absolute Gasteiger partial charge is 0.309 e. The number of carbonyl (C=O) groups is 1. The number of carbonyl (C=O) groups excluding carboxylic acids is 2. The molecule has 85 valence electrons. The lowest BCUT2D eigenvalue weighted by Gasteiger charge is -2.08. The van der Waals surface area contributed by atoms with Crippen LogP contribution in [0.4, 0.5) is 0 Å². The highest BCUT2D eigenvalue weighted by Gasteiger charge is 2.05. The first kappa shape index (κ1) is 12.2. The zero-order chi connectivity index (χ0) is 12.0. The van der Waals surface area contributed by atoms with Crippen LogP contribution in [0, 0.1) is 0 Å². The third kappa shape index (κ3) is 3.73. The van der Waals surface area contributed by atoms with Gasteiger partial charge < -0.3 is 10.6 Å². The Morgan fingerprint density at radius 3 is 2.44 bits per heavy atom. The van der Waals surface area contributed by atoms with Crippen LogP contribution in [0.25, 0.3) is 0 Å². The molecule has 0 aliphatic heterocycles. The largest absolute Gasteiger partial charge is 0.350 e. The Labute approximate surface area is 95.0 Å². The van der Waals surface area contributed by atoms with Gasteiger partial charge in [0.1, 0.15) is 0 Å². The van der Waals surface area contributed by atoms with E-state index in [1.807, 2.05) is 13.8 Å². The summed E-state index contributed by atoms with van der Waals surface area (Å²) in [7, 11) is 0. The molecule has 0 saturated carbocycles. The monoisotopic (exact) mass is 219 g/mol. The summed E-state index contributed by atoms with van der Waals surface area (Å²) < 4.78 is 0. The first-order valence-electron chi connectivity index (χ1n) is 5.13. The van der Waals surface area contributed by atoms with Gasteiger partial charge in [0.15, 0.2) is 0 Å². The summed E-state index contributed by atoms with van der Waals surface area (Å²) in [5.41, 5.74) is 1.55. The molecule has 0 aliphatic rings. The van der Waals surface area contributed by atoms with E-state index < -0.39 is 0 Å². The Morgan fingerprint density at radius 2 is 1.94 bits per heavy atom. The van der Waals surface area contributed by atoms with Crippen LogP contribution in [0.2, 0.25) is 0 Å². The maximum Gasteiger partial charge on any atom is 0.309 e. The zero-order valence-electron chi connectivity index (χ0n) is 9.41. The molecule has 0 atom stereocenters. The lowest BCUT2D eigenvalue weighted by Crippen LogP contribution is -2.30. The minimum atomic E-state index is -0.0866. The molecular formula is C12H15N2O2. The van der Waals surface area contributed by atoms with E-state index in [0.717, 1.165) is 5.56 Å². The van der Waals surface area contributed by atoms with Gasteiger partial charge in [-0.2, -0.15) is 0 Å². The van der Waals surface area contributed by atoms with Crippen molar-refractivity contribution >= 4 is 12.3 Å². The van der Waals surface area contributed by atoms with E-state index in [9.17, 15) is 9.59 Å². The van der Waals surface area contributed by atoms with Gasteiger partial charge in [-0.25, -0.2) is 0 Å². The molecule has 0 aliphatic carbocycles. The Hall–Kier alpha value is -1.84. The third-order valence-corrected chi connectivity index (χ3v) is 2.00. The van der Waals surface area contributed by atoms with Crippen LogP contribution >= 0.6 is 0 Å². The van der Waals surface area contributed by atoms with Crippen molar-refractivity contribution in [2.45, 2.75) is 26.4 Å². The Morgan fingerprint density at radius 1 is 1.31 bits per heavy atom. The first-order chi connectivity index (χ1) is 7.63. The predicted molar refractivity (Wildman–Crippen MR) is 61.6 cm³/mol. The van der Waals surface area contributed by atoms with E-state index in [1.54, 1.807) is 30.7 Å². The first-order valence-corrected chi connectivity index (χ1v) is 5.13. The molecule has 4 heteroatoms. The molecule has 2 amide bonds.